The average molecular weight is 230 g/mol. The van der Waals surface area contributed by atoms with Crippen LogP contribution in [0.2, 0.25) is 5.02 Å². The van der Waals surface area contributed by atoms with Crippen molar-refractivity contribution in [2.75, 3.05) is 14.2 Å². The number of rotatable bonds is 2. The summed E-state index contributed by atoms with van der Waals surface area (Å²) in [5.41, 5.74) is 0.141. The van der Waals surface area contributed by atoms with Crippen molar-refractivity contribution in [1.82, 2.24) is 4.98 Å². The van der Waals surface area contributed by atoms with Crippen LogP contribution in [-0.4, -0.2) is 31.1 Å². The zero-order valence-corrected chi connectivity index (χ0v) is 8.87. The molecule has 6 heteroatoms. The van der Waals surface area contributed by atoms with Crippen molar-refractivity contribution in [2.24, 2.45) is 0 Å². The number of hydrogen-bond acceptors (Lipinski definition) is 5. The summed E-state index contributed by atoms with van der Waals surface area (Å²) in [4.78, 5) is 25.9. The lowest BCUT2D eigenvalue weighted by molar-refractivity contribution is 0.0581. The van der Waals surface area contributed by atoms with Gasteiger partial charge in [-0.1, -0.05) is 11.6 Å². The third-order valence-corrected chi connectivity index (χ3v) is 1.93. The van der Waals surface area contributed by atoms with Gasteiger partial charge in [0, 0.05) is 6.20 Å². The van der Waals surface area contributed by atoms with Crippen molar-refractivity contribution < 1.29 is 19.1 Å². The quantitative estimate of drug-likeness (QED) is 0.716. The lowest BCUT2D eigenvalue weighted by atomic mass is 10.2. The summed E-state index contributed by atoms with van der Waals surface area (Å²) >= 11 is 5.73. The molecule has 0 fully saturated rings. The molecule has 0 bridgehead atoms. The minimum Gasteiger partial charge on any atom is -0.465 e. The van der Waals surface area contributed by atoms with Crippen molar-refractivity contribution in [2.45, 2.75) is 0 Å². The largest absolute Gasteiger partial charge is 0.465 e. The average Bonchev–Trinajstić information content (AvgIpc) is 2.26. The first-order chi connectivity index (χ1) is 7.10. The summed E-state index contributed by atoms with van der Waals surface area (Å²) in [6.07, 6.45) is 1.20. The number of esters is 2. The first kappa shape index (κ1) is 11.5. The Bertz CT molecular complexity index is 405. The van der Waals surface area contributed by atoms with Crippen molar-refractivity contribution in [3.63, 3.8) is 0 Å². The molecule has 0 aliphatic rings. The number of methoxy groups -OCH3 is 2. The summed E-state index contributed by atoms with van der Waals surface area (Å²) in [6.45, 7) is 0. The SMILES string of the molecule is COC(=O)c1cnc(C(=O)OC)c(Cl)c1. The second kappa shape index (κ2) is 4.75. The molecule has 1 aromatic rings. The third kappa shape index (κ3) is 2.44. The Kier molecular flexibility index (Phi) is 3.62. The minimum absolute atomic E-state index is 0.0354. The molecule has 0 aliphatic carbocycles. The van der Waals surface area contributed by atoms with Gasteiger partial charge in [-0.05, 0) is 6.07 Å². The summed E-state index contributed by atoms with van der Waals surface area (Å²) in [6, 6.07) is 1.30. The summed E-state index contributed by atoms with van der Waals surface area (Å²) in [5, 5.41) is 0.0461. The molecule has 0 radical (unpaired) electrons. The predicted molar refractivity (Wildman–Crippen MR) is 51.9 cm³/mol. The Hall–Kier alpha value is -1.62. The molecular weight excluding hydrogens is 222 g/mol. The lowest BCUT2D eigenvalue weighted by Crippen LogP contribution is -2.08. The maximum Gasteiger partial charge on any atom is 0.358 e. The Labute approximate surface area is 91.0 Å². The number of halogens is 1. The molecule has 5 nitrogen and oxygen atoms in total. The topological polar surface area (TPSA) is 65.5 Å². The molecule has 0 atom stereocenters. The van der Waals surface area contributed by atoms with Crippen LogP contribution in [0.1, 0.15) is 20.8 Å². The van der Waals surface area contributed by atoms with Gasteiger partial charge in [-0.15, -0.1) is 0 Å². The van der Waals surface area contributed by atoms with Crippen LogP contribution in [-0.2, 0) is 9.47 Å². The molecule has 0 spiro atoms. The van der Waals surface area contributed by atoms with E-state index in [1.165, 1.54) is 26.5 Å². The monoisotopic (exact) mass is 229 g/mol. The number of aromatic nitrogens is 1. The maximum absolute atomic E-state index is 11.1. The van der Waals surface area contributed by atoms with Crippen LogP contribution in [0.4, 0.5) is 0 Å². The normalized spacial score (nSPS) is 9.53. The first-order valence-electron chi connectivity index (χ1n) is 3.92. The van der Waals surface area contributed by atoms with E-state index in [0.717, 1.165) is 0 Å². The van der Waals surface area contributed by atoms with Gasteiger partial charge in [0.25, 0.3) is 0 Å². The summed E-state index contributed by atoms with van der Waals surface area (Å²) in [7, 11) is 2.46. The molecule has 0 amide bonds. The molecule has 0 aliphatic heterocycles. The minimum atomic E-state index is -0.656. The second-order valence-corrected chi connectivity index (χ2v) is 2.94. The van der Waals surface area contributed by atoms with Crippen LogP contribution in [0.5, 0.6) is 0 Å². The number of carbonyl (C=O) groups is 2. The van der Waals surface area contributed by atoms with Gasteiger partial charge in [-0.25, -0.2) is 14.6 Å². The van der Waals surface area contributed by atoms with E-state index < -0.39 is 11.9 Å². The fourth-order valence-corrected chi connectivity index (χ4v) is 1.16. The highest BCUT2D eigenvalue weighted by atomic mass is 35.5. The van der Waals surface area contributed by atoms with E-state index in [4.69, 9.17) is 11.6 Å². The second-order valence-electron chi connectivity index (χ2n) is 2.54. The highest BCUT2D eigenvalue weighted by Crippen LogP contribution is 2.16. The molecule has 1 heterocycles. The molecular formula is C9H8ClNO4. The molecule has 0 unspecified atom stereocenters. The van der Waals surface area contributed by atoms with Crippen LogP contribution in [0, 0.1) is 0 Å². The summed E-state index contributed by atoms with van der Waals surface area (Å²) in [5.74, 6) is -1.22. The molecule has 0 N–H and O–H groups in total. The first-order valence-corrected chi connectivity index (χ1v) is 4.30. The summed E-state index contributed by atoms with van der Waals surface area (Å²) < 4.78 is 8.91. The Morgan fingerprint density at radius 2 is 1.87 bits per heavy atom. The van der Waals surface area contributed by atoms with Gasteiger partial charge in [-0.3, -0.25) is 0 Å². The number of hydrogen-bond donors (Lipinski definition) is 0. The maximum atomic E-state index is 11.1. The van der Waals surface area contributed by atoms with Crippen molar-refractivity contribution in [1.29, 1.82) is 0 Å². The number of nitrogens with zero attached hydrogens (tertiary/aromatic N) is 1. The molecule has 0 saturated carbocycles. The Balaban J connectivity index is 3.08. The van der Waals surface area contributed by atoms with E-state index in [2.05, 4.69) is 14.5 Å². The molecule has 0 aromatic carbocycles. The molecule has 1 rings (SSSR count). The van der Waals surface area contributed by atoms with Crippen molar-refractivity contribution in [3.8, 4) is 0 Å². The van der Waals surface area contributed by atoms with Crippen LogP contribution < -0.4 is 0 Å². The van der Waals surface area contributed by atoms with Gasteiger partial charge in [0.05, 0.1) is 24.8 Å². The molecule has 0 saturated heterocycles. The molecule has 15 heavy (non-hydrogen) atoms. The zero-order chi connectivity index (χ0) is 11.4. The fourth-order valence-electron chi connectivity index (χ4n) is 0.914. The van der Waals surface area contributed by atoms with E-state index in [-0.39, 0.29) is 16.3 Å². The van der Waals surface area contributed by atoms with Gasteiger partial charge in [-0.2, -0.15) is 0 Å². The number of carbonyl (C=O) groups excluding carboxylic acids is 2. The van der Waals surface area contributed by atoms with Crippen LogP contribution >= 0.6 is 11.6 Å². The smallest absolute Gasteiger partial charge is 0.358 e. The highest BCUT2D eigenvalue weighted by Gasteiger charge is 2.15. The fraction of sp³-hybridized carbons (Fsp3) is 0.222. The van der Waals surface area contributed by atoms with E-state index in [1.807, 2.05) is 0 Å². The van der Waals surface area contributed by atoms with Crippen molar-refractivity contribution >= 4 is 23.5 Å². The Morgan fingerprint density at radius 3 is 2.33 bits per heavy atom. The Morgan fingerprint density at radius 1 is 1.27 bits per heavy atom. The molecule has 80 valence electrons. The van der Waals surface area contributed by atoms with E-state index >= 15 is 0 Å². The van der Waals surface area contributed by atoms with E-state index in [9.17, 15) is 9.59 Å². The van der Waals surface area contributed by atoms with Gasteiger partial charge < -0.3 is 9.47 Å². The van der Waals surface area contributed by atoms with E-state index in [0.29, 0.717) is 0 Å². The predicted octanol–water partition coefficient (Wildman–Crippen LogP) is 1.31. The highest BCUT2D eigenvalue weighted by molar-refractivity contribution is 6.33. The van der Waals surface area contributed by atoms with Crippen LogP contribution in [0.25, 0.3) is 0 Å². The lowest BCUT2D eigenvalue weighted by Gasteiger charge is -2.03. The van der Waals surface area contributed by atoms with Crippen LogP contribution in [0.3, 0.4) is 0 Å². The standard InChI is InChI=1S/C9H8ClNO4/c1-14-8(12)5-3-6(10)7(11-4-5)9(13)15-2/h3-4H,1-2H3. The van der Waals surface area contributed by atoms with Crippen LogP contribution in [0.15, 0.2) is 12.3 Å². The van der Waals surface area contributed by atoms with Gasteiger partial charge in [0.2, 0.25) is 0 Å². The van der Waals surface area contributed by atoms with Gasteiger partial charge in [0.1, 0.15) is 0 Å². The van der Waals surface area contributed by atoms with E-state index in [1.54, 1.807) is 0 Å². The van der Waals surface area contributed by atoms with Gasteiger partial charge in [0.15, 0.2) is 5.69 Å². The molecule has 1 aromatic heterocycles. The number of ether oxygens (including phenoxy) is 2. The zero-order valence-electron chi connectivity index (χ0n) is 8.11. The van der Waals surface area contributed by atoms with Gasteiger partial charge >= 0.3 is 11.9 Å². The number of pyridine rings is 1. The third-order valence-electron chi connectivity index (χ3n) is 1.64. The van der Waals surface area contributed by atoms with Crippen molar-refractivity contribution in [3.05, 3.63) is 28.5 Å².